The van der Waals surface area contributed by atoms with Crippen LogP contribution < -0.4 is 0 Å². The van der Waals surface area contributed by atoms with Crippen LogP contribution in [0.5, 0.6) is 0 Å². The molecule has 0 amide bonds. The number of aliphatic hydroxyl groups excluding tert-OH is 1. The Morgan fingerprint density at radius 2 is 1.60 bits per heavy atom. The number of aliphatic hydroxyl groups is 1. The molecule has 0 spiro atoms. The molecule has 1 rings (SSSR count). The predicted octanol–water partition coefficient (Wildman–Crippen LogP) is 3.62. The summed E-state index contributed by atoms with van der Waals surface area (Å²) < 4.78 is 5.34. The van der Waals surface area contributed by atoms with E-state index in [-0.39, 0.29) is 5.97 Å². The summed E-state index contributed by atoms with van der Waals surface area (Å²) in [6, 6.07) is 3.99. The van der Waals surface area contributed by atoms with Crippen LogP contribution in [-0.2, 0) is 9.53 Å². The third-order valence-corrected chi connectivity index (χ3v) is 3.45. The molecule has 1 N–H and O–H groups in total. The number of carbonyl (C=O) groups excluding carboxylic acids is 1. The molecule has 0 aromatic heterocycles. The van der Waals surface area contributed by atoms with E-state index in [0.717, 1.165) is 16.7 Å². The second-order valence-corrected chi connectivity index (χ2v) is 6.56. The maximum Gasteiger partial charge on any atom is 0.312 e. The van der Waals surface area contributed by atoms with Crippen LogP contribution in [0.1, 0.15) is 56.1 Å². The first-order valence-corrected chi connectivity index (χ1v) is 7.01. The van der Waals surface area contributed by atoms with E-state index in [0.29, 0.717) is 0 Å². The summed E-state index contributed by atoms with van der Waals surface area (Å²) in [6.45, 7) is 13.2. The number of rotatable bonds is 3. The van der Waals surface area contributed by atoms with Gasteiger partial charge in [-0.3, -0.25) is 4.79 Å². The Morgan fingerprint density at radius 1 is 1.10 bits per heavy atom. The highest BCUT2D eigenvalue weighted by Gasteiger charge is 2.29. The van der Waals surface area contributed by atoms with Gasteiger partial charge in [-0.05, 0) is 70.7 Å². The molecule has 0 saturated heterocycles. The lowest BCUT2D eigenvalue weighted by Gasteiger charge is -2.25. The van der Waals surface area contributed by atoms with Crippen molar-refractivity contribution >= 4 is 5.97 Å². The van der Waals surface area contributed by atoms with Gasteiger partial charge in [0.05, 0.1) is 12.0 Å². The van der Waals surface area contributed by atoms with Gasteiger partial charge in [0.25, 0.3) is 0 Å². The van der Waals surface area contributed by atoms with E-state index in [1.165, 1.54) is 5.56 Å². The van der Waals surface area contributed by atoms with Crippen LogP contribution in [0.15, 0.2) is 12.1 Å². The summed E-state index contributed by atoms with van der Waals surface area (Å²) in [5, 5.41) is 10.5. The molecule has 0 aliphatic carbocycles. The first-order valence-electron chi connectivity index (χ1n) is 7.01. The van der Waals surface area contributed by atoms with Gasteiger partial charge in [0.15, 0.2) is 0 Å². The molecule has 0 saturated carbocycles. The van der Waals surface area contributed by atoms with Gasteiger partial charge in [-0.25, -0.2) is 0 Å². The summed E-state index contributed by atoms with van der Waals surface area (Å²) in [5.74, 6) is -0.961. The average molecular weight is 278 g/mol. The first-order chi connectivity index (χ1) is 9.03. The number of esters is 1. The van der Waals surface area contributed by atoms with Crippen molar-refractivity contribution in [2.75, 3.05) is 0 Å². The van der Waals surface area contributed by atoms with Crippen LogP contribution in [0, 0.1) is 26.7 Å². The predicted molar refractivity (Wildman–Crippen MR) is 80.6 cm³/mol. The van der Waals surface area contributed by atoms with E-state index < -0.39 is 17.6 Å². The van der Waals surface area contributed by atoms with Crippen molar-refractivity contribution in [3.8, 4) is 0 Å². The Kier molecular flexibility index (Phi) is 4.98. The minimum absolute atomic E-state index is 0.373. The Hall–Kier alpha value is -1.35. The van der Waals surface area contributed by atoms with Crippen LogP contribution in [0.3, 0.4) is 0 Å². The quantitative estimate of drug-likeness (QED) is 0.859. The third-order valence-electron chi connectivity index (χ3n) is 3.45. The Bertz CT molecular complexity index is 498. The molecule has 0 aliphatic rings. The molecule has 0 bridgehead atoms. The molecule has 1 aromatic rings. The lowest BCUT2D eigenvalue weighted by Crippen LogP contribution is -2.30. The maximum atomic E-state index is 12.1. The molecule has 2 unspecified atom stereocenters. The summed E-state index contributed by atoms with van der Waals surface area (Å²) in [5.41, 5.74) is 3.55. The van der Waals surface area contributed by atoms with Gasteiger partial charge in [-0.15, -0.1) is 0 Å². The standard InChI is InChI=1S/C17H26O3/c1-10-8-12(3)14(9-11(10)2)15(18)13(4)16(19)20-17(5,6)7/h8-9,13,15,18H,1-7H3. The van der Waals surface area contributed by atoms with Crippen LogP contribution >= 0.6 is 0 Å². The monoisotopic (exact) mass is 278 g/mol. The summed E-state index contributed by atoms with van der Waals surface area (Å²) in [7, 11) is 0. The fourth-order valence-corrected chi connectivity index (χ4v) is 2.09. The molecular formula is C17H26O3. The average Bonchev–Trinajstić information content (AvgIpc) is 2.29. The SMILES string of the molecule is Cc1cc(C)c(C(O)C(C)C(=O)OC(C)(C)C)cc1C. The third kappa shape index (κ3) is 4.07. The number of carbonyl (C=O) groups is 1. The van der Waals surface area contributed by atoms with Crippen molar-refractivity contribution in [2.45, 2.75) is 60.2 Å². The summed E-state index contributed by atoms with van der Waals surface area (Å²) in [6.07, 6.45) is -0.843. The maximum absolute atomic E-state index is 12.1. The van der Waals surface area contributed by atoms with E-state index >= 15 is 0 Å². The lowest BCUT2D eigenvalue weighted by molar-refractivity contribution is -0.163. The molecule has 0 radical (unpaired) electrons. The van der Waals surface area contributed by atoms with Crippen molar-refractivity contribution in [3.05, 3.63) is 34.4 Å². The van der Waals surface area contributed by atoms with E-state index in [1.807, 2.05) is 53.7 Å². The van der Waals surface area contributed by atoms with Crippen LogP contribution in [0.2, 0.25) is 0 Å². The van der Waals surface area contributed by atoms with Crippen molar-refractivity contribution in [2.24, 2.45) is 5.92 Å². The number of aryl methyl sites for hydroxylation is 3. The Balaban J connectivity index is 2.97. The van der Waals surface area contributed by atoms with Gasteiger partial charge < -0.3 is 9.84 Å². The Labute approximate surface area is 122 Å². The van der Waals surface area contributed by atoms with Crippen LogP contribution in [0.4, 0.5) is 0 Å². The van der Waals surface area contributed by atoms with Crippen LogP contribution in [0.25, 0.3) is 0 Å². The first kappa shape index (κ1) is 16.7. The molecule has 0 heterocycles. The smallest absolute Gasteiger partial charge is 0.312 e. The summed E-state index contributed by atoms with van der Waals surface area (Å²) in [4.78, 5) is 12.1. The zero-order valence-electron chi connectivity index (χ0n) is 13.6. The van der Waals surface area contributed by atoms with E-state index in [9.17, 15) is 9.90 Å². The second-order valence-electron chi connectivity index (χ2n) is 6.56. The van der Waals surface area contributed by atoms with Gasteiger partial charge >= 0.3 is 5.97 Å². The molecule has 20 heavy (non-hydrogen) atoms. The van der Waals surface area contributed by atoms with E-state index in [1.54, 1.807) is 6.92 Å². The number of hydrogen-bond acceptors (Lipinski definition) is 3. The minimum atomic E-state index is -0.843. The number of hydrogen-bond donors (Lipinski definition) is 1. The molecule has 112 valence electrons. The summed E-state index contributed by atoms with van der Waals surface area (Å²) >= 11 is 0. The zero-order valence-corrected chi connectivity index (χ0v) is 13.6. The fourth-order valence-electron chi connectivity index (χ4n) is 2.09. The van der Waals surface area contributed by atoms with Gasteiger partial charge in [0.2, 0.25) is 0 Å². The highest BCUT2D eigenvalue weighted by Crippen LogP contribution is 2.28. The molecular weight excluding hydrogens is 252 g/mol. The topological polar surface area (TPSA) is 46.5 Å². The van der Waals surface area contributed by atoms with Gasteiger partial charge in [0.1, 0.15) is 5.60 Å². The highest BCUT2D eigenvalue weighted by molar-refractivity contribution is 5.73. The van der Waals surface area contributed by atoms with Crippen molar-refractivity contribution in [1.29, 1.82) is 0 Å². The molecule has 2 atom stereocenters. The van der Waals surface area contributed by atoms with E-state index in [4.69, 9.17) is 4.74 Å². The number of ether oxygens (including phenoxy) is 1. The molecule has 1 aromatic carbocycles. The molecule has 0 aliphatic heterocycles. The number of benzene rings is 1. The molecule has 3 nitrogen and oxygen atoms in total. The largest absolute Gasteiger partial charge is 0.460 e. The fraction of sp³-hybridized carbons (Fsp3) is 0.588. The van der Waals surface area contributed by atoms with Crippen molar-refractivity contribution < 1.29 is 14.6 Å². The van der Waals surface area contributed by atoms with Gasteiger partial charge in [-0.2, -0.15) is 0 Å². The van der Waals surface area contributed by atoms with Crippen LogP contribution in [-0.4, -0.2) is 16.7 Å². The minimum Gasteiger partial charge on any atom is -0.460 e. The lowest BCUT2D eigenvalue weighted by atomic mass is 9.91. The molecule has 0 fully saturated rings. The molecule has 3 heteroatoms. The van der Waals surface area contributed by atoms with Gasteiger partial charge in [0, 0.05) is 0 Å². The highest BCUT2D eigenvalue weighted by atomic mass is 16.6. The van der Waals surface area contributed by atoms with Gasteiger partial charge in [-0.1, -0.05) is 12.1 Å². The second kappa shape index (κ2) is 5.96. The van der Waals surface area contributed by atoms with Crippen molar-refractivity contribution in [1.82, 2.24) is 0 Å². The Morgan fingerprint density at radius 3 is 2.10 bits per heavy atom. The zero-order chi connectivity index (χ0) is 15.7. The normalized spacial score (nSPS) is 14.8. The van der Waals surface area contributed by atoms with E-state index in [2.05, 4.69) is 0 Å². The van der Waals surface area contributed by atoms with Crippen molar-refractivity contribution in [3.63, 3.8) is 0 Å².